The van der Waals surface area contributed by atoms with Crippen LogP contribution < -0.4 is 4.90 Å². The minimum Gasteiger partial charge on any atom is -0.456 e. The first-order valence-corrected chi connectivity index (χ1v) is 20.8. The van der Waals surface area contributed by atoms with Gasteiger partial charge in [-0.25, -0.2) is 0 Å². The number of para-hydroxylation sites is 4. The molecule has 0 spiro atoms. The molecule has 61 heavy (non-hydrogen) atoms. The van der Waals surface area contributed by atoms with E-state index in [0.29, 0.717) is 0 Å². The third-order valence-corrected chi connectivity index (χ3v) is 12.2. The molecule has 0 saturated heterocycles. The number of furan rings is 1. The Kier molecular flexibility index (Phi) is 8.17. The molecule has 0 radical (unpaired) electrons. The molecule has 10 aromatic carbocycles. The van der Waals surface area contributed by atoms with Gasteiger partial charge in [0.15, 0.2) is 0 Å². The lowest BCUT2D eigenvalue weighted by atomic mass is 9.96. The Morgan fingerprint density at radius 2 is 0.902 bits per heavy atom. The Hall–Kier alpha value is -8.14. The van der Waals surface area contributed by atoms with Gasteiger partial charge in [0.2, 0.25) is 0 Å². The first-order chi connectivity index (χ1) is 30.2. The molecule has 12 aromatic rings. The van der Waals surface area contributed by atoms with Crippen LogP contribution in [-0.4, -0.2) is 4.57 Å². The molecule has 3 heteroatoms. The van der Waals surface area contributed by atoms with Crippen molar-refractivity contribution in [2.75, 3.05) is 4.90 Å². The molecule has 0 fully saturated rings. The maximum Gasteiger partial charge on any atom is 0.136 e. The lowest BCUT2D eigenvalue weighted by Crippen LogP contribution is -2.12. The van der Waals surface area contributed by atoms with E-state index in [4.69, 9.17) is 4.42 Å². The lowest BCUT2D eigenvalue weighted by molar-refractivity contribution is 0.669. The summed E-state index contributed by atoms with van der Waals surface area (Å²) < 4.78 is 8.79. The second-order valence-corrected chi connectivity index (χ2v) is 15.7. The number of hydrogen-bond acceptors (Lipinski definition) is 2. The fraction of sp³-hybridized carbons (Fsp3) is 0. The molecule has 0 atom stereocenters. The molecule has 12 rings (SSSR count). The van der Waals surface area contributed by atoms with Crippen LogP contribution in [0, 0.1) is 0 Å². The molecule has 2 heterocycles. The van der Waals surface area contributed by atoms with Crippen molar-refractivity contribution in [1.29, 1.82) is 0 Å². The summed E-state index contributed by atoms with van der Waals surface area (Å²) in [4.78, 5) is 2.40. The summed E-state index contributed by atoms with van der Waals surface area (Å²) in [6, 6.07) is 83.0. The van der Waals surface area contributed by atoms with Crippen LogP contribution in [0.15, 0.2) is 235 Å². The van der Waals surface area contributed by atoms with Crippen molar-refractivity contribution in [3.8, 4) is 39.1 Å². The summed E-state index contributed by atoms with van der Waals surface area (Å²) in [6.45, 7) is 0. The van der Waals surface area contributed by atoms with Crippen molar-refractivity contribution >= 4 is 71.6 Å². The van der Waals surface area contributed by atoms with Crippen molar-refractivity contribution in [2.45, 2.75) is 0 Å². The standard InChI is InChI=1S/C58H38N2O/c1-2-14-43-37-44(32-31-39(43)13-1)42-29-27-40(28-30-42)41-33-35-45(36-34-41)59(46-15-11-16-47(38-46)60-54-23-8-3-17-48(54)49-18-4-9-24-55(49)60)53-22-7-5-19-50(53)51-21-12-26-57-58(51)52-20-6-10-25-56(52)61-57/h1-38H. The van der Waals surface area contributed by atoms with Crippen LogP contribution in [0.1, 0.15) is 0 Å². The topological polar surface area (TPSA) is 21.3 Å². The van der Waals surface area contributed by atoms with E-state index >= 15 is 0 Å². The van der Waals surface area contributed by atoms with E-state index in [1.54, 1.807) is 0 Å². The summed E-state index contributed by atoms with van der Waals surface area (Å²) in [7, 11) is 0. The SMILES string of the molecule is c1cc(N(c2ccc(-c3ccc(-c4ccc5ccccc5c4)cc3)cc2)c2ccccc2-c2cccc3oc4ccccc4c23)cc(-n2c3ccccc3c3ccccc32)c1. The summed E-state index contributed by atoms with van der Waals surface area (Å²) in [5, 5.41) is 7.22. The molecule has 0 amide bonds. The first-order valence-electron chi connectivity index (χ1n) is 20.8. The molecular formula is C58H38N2O. The Morgan fingerprint density at radius 1 is 0.344 bits per heavy atom. The third kappa shape index (κ3) is 5.90. The molecule has 0 aliphatic heterocycles. The molecule has 0 N–H and O–H groups in total. The molecule has 286 valence electrons. The normalized spacial score (nSPS) is 11.6. The zero-order valence-corrected chi connectivity index (χ0v) is 33.2. The van der Waals surface area contributed by atoms with Gasteiger partial charge in [0.1, 0.15) is 11.2 Å². The third-order valence-electron chi connectivity index (χ3n) is 12.2. The van der Waals surface area contributed by atoms with Crippen LogP contribution in [-0.2, 0) is 0 Å². The van der Waals surface area contributed by atoms with Crippen LogP contribution in [0.3, 0.4) is 0 Å². The summed E-state index contributed by atoms with van der Waals surface area (Å²) in [5.41, 5.74) is 15.4. The molecule has 3 nitrogen and oxygen atoms in total. The van der Waals surface area contributed by atoms with Gasteiger partial charge in [0, 0.05) is 44.2 Å². The van der Waals surface area contributed by atoms with Gasteiger partial charge in [0.05, 0.1) is 16.7 Å². The summed E-state index contributed by atoms with van der Waals surface area (Å²) in [6.07, 6.45) is 0. The monoisotopic (exact) mass is 778 g/mol. The molecular weight excluding hydrogens is 741 g/mol. The average Bonchev–Trinajstić information content (AvgIpc) is 3.88. The van der Waals surface area contributed by atoms with Gasteiger partial charge < -0.3 is 13.9 Å². The minimum absolute atomic E-state index is 0.879. The van der Waals surface area contributed by atoms with E-state index in [1.165, 1.54) is 49.3 Å². The largest absolute Gasteiger partial charge is 0.456 e. The van der Waals surface area contributed by atoms with E-state index in [0.717, 1.165) is 61.4 Å². The van der Waals surface area contributed by atoms with Gasteiger partial charge in [-0.2, -0.15) is 0 Å². The van der Waals surface area contributed by atoms with Gasteiger partial charge in [-0.15, -0.1) is 0 Å². The second kappa shape index (κ2) is 14.3. The van der Waals surface area contributed by atoms with Gasteiger partial charge >= 0.3 is 0 Å². The van der Waals surface area contributed by atoms with Crippen LogP contribution in [0.25, 0.3) is 93.6 Å². The van der Waals surface area contributed by atoms with Gasteiger partial charge in [-0.05, 0) is 105 Å². The van der Waals surface area contributed by atoms with Gasteiger partial charge in [-0.3, -0.25) is 0 Å². The fourth-order valence-electron chi connectivity index (χ4n) is 9.32. The highest BCUT2D eigenvalue weighted by atomic mass is 16.3. The summed E-state index contributed by atoms with van der Waals surface area (Å²) >= 11 is 0. The number of aromatic nitrogens is 1. The van der Waals surface area contributed by atoms with Gasteiger partial charge in [-0.1, -0.05) is 164 Å². The number of hydrogen-bond donors (Lipinski definition) is 0. The highest BCUT2D eigenvalue weighted by molar-refractivity contribution is 6.14. The molecule has 0 bridgehead atoms. The minimum atomic E-state index is 0.879. The smallest absolute Gasteiger partial charge is 0.136 e. The maximum atomic E-state index is 6.40. The zero-order chi connectivity index (χ0) is 40.3. The van der Waals surface area contributed by atoms with E-state index in [2.05, 4.69) is 234 Å². The van der Waals surface area contributed by atoms with Crippen molar-refractivity contribution < 1.29 is 4.42 Å². The molecule has 0 aliphatic rings. The number of anilines is 3. The number of nitrogens with zero attached hydrogens (tertiary/aromatic N) is 2. The molecule has 0 saturated carbocycles. The average molecular weight is 779 g/mol. The number of benzene rings is 10. The lowest BCUT2D eigenvalue weighted by Gasteiger charge is -2.29. The van der Waals surface area contributed by atoms with Crippen molar-refractivity contribution in [3.05, 3.63) is 231 Å². The van der Waals surface area contributed by atoms with E-state index in [9.17, 15) is 0 Å². The van der Waals surface area contributed by atoms with Crippen molar-refractivity contribution in [2.24, 2.45) is 0 Å². The molecule has 2 aromatic heterocycles. The van der Waals surface area contributed by atoms with Crippen LogP contribution in [0.5, 0.6) is 0 Å². The van der Waals surface area contributed by atoms with E-state index < -0.39 is 0 Å². The zero-order valence-electron chi connectivity index (χ0n) is 33.2. The molecule has 0 aliphatic carbocycles. The van der Waals surface area contributed by atoms with Crippen molar-refractivity contribution in [3.63, 3.8) is 0 Å². The predicted octanol–water partition coefficient (Wildman–Crippen LogP) is 16.3. The quantitative estimate of drug-likeness (QED) is 0.161. The molecule has 0 unspecified atom stereocenters. The van der Waals surface area contributed by atoms with Gasteiger partial charge in [0.25, 0.3) is 0 Å². The van der Waals surface area contributed by atoms with E-state index in [-0.39, 0.29) is 0 Å². The van der Waals surface area contributed by atoms with E-state index in [1.807, 2.05) is 6.07 Å². The fourth-order valence-corrected chi connectivity index (χ4v) is 9.32. The maximum absolute atomic E-state index is 6.40. The predicted molar refractivity (Wildman–Crippen MR) is 257 cm³/mol. The Bertz CT molecular complexity index is 3540. The van der Waals surface area contributed by atoms with Crippen LogP contribution >= 0.6 is 0 Å². The highest BCUT2D eigenvalue weighted by Gasteiger charge is 2.21. The second-order valence-electron chi connectivity index (χ2n) is 15.7. The number of rotatable bonds is 7. The van der Waals surface area contributed by atoms with Crippen molar-refractivity contribution in [1.82, 2.24) is 4.57 Å². The Labute approximate surface area is 353 Å². The number of fused-ring (bicyclic) bond motifs is 7. The first kappa shape index (κ1) is 34.9. The Morgan fingerprint density at radius 3 is 1.67 bits per heavy atom. The van der Waals surface area contributed by atoms with Crippen LogP contribution in [0.2, 0.25) is 0 Å². The highest BCUT2D eigenvalue weighted by Crippen LogP contribution is 2.45. The van der Waals surface area contributed by atoms with Crippen LogP contribution in [0.4, 0.5) is 17.1 Å². The summed E-state index contributed by atoms with van der Waals surface area (Å²) in [5.74, 6) is 0. The Balaban J connectivity index is 1.00.